The number of nitrogens with one attached hydrogen (secondary N) is 1. The van der Waals surface area contributed by atoms with Crippen LogP contribution >= 0.6 is 0 Å². The second-order valence-corrected chi connectivity index (χ2v) is 7.26. The van der Waals surface area contributed by atoms with Crippen LogP contribution in [-0.4, -0.2) is 46.8 Å². The lowest BCUT2D eigenvalue weighted by Gasteiger charge is -2.28. The average Bonchev–Trinajstić information content (AvgIpc) is 2.80. The van der Waals surface area contributed by atoms with Gasteiger partial charge in [0.1, 0.15) is 18.2 Å². The van der Waals surface area contributed by atoms with Gasteiger partial charge in [0.05, 0.1) is 24.9 Å². The fraction of sp³-hybridized carbons (Fsp3) is 0.304. The fourth-order valence-corrected chi connectivity index (χ4v) is 3.40. The van der Waals surface area contributed by atoms with Gasteiger partial charge in [0.25, 0.3) is 5.91 Å². The summed E-state index contributed by atoms with van der Waals surface area (Å²) in [6.07, 6.45) is 5.98. The molecule has 0 spiro atoms. The van der Waals surface area contributed by atoms with E-state index in [0.717, 1.165) is 22.4 Å². The lowest BCUT2D eigenvalue weighted by molar-refractivity contribution is 0.0915. The van der Waals surface area contributed by atoms with Gasteiger partial charge in [0.15, 0.2) is 0 Å². The maximum Gasteiger partial charge on any atom is 0.253 e. The van der Waals surface area contributed by atoms with Gasteiger partial charge in [-0.3, -0.25) is 9.18 Å². The first kappa shape index (κ1) is 20.7. The van der Waals surface area contributed by atoms with E-state index in [1.54, 1.807) is 24.5 Å². The molecule has 0 aliphatic carbocycles. The summed E-state index contributed by atoms with van der Waals surface area (Å²) in [5.41, 5.74) is 3.34. The zero-order chi connectivity index (χ0) is 21.6. The van der Waals surface area contributed by atoms with Gasteiger partial charge in [-0.1, -0.05) is 12.1 Å². The second kappa shape index (κ2) is 9.51. The van der Waals surface area contributed by atoms with E-state index in [-0.39, 0.29) is 18.6 Å². The molecule has 3 aromatic rings. The van der Waals surface area contributed by atoms with Crippen LogP contribution in [0.15, 0.2) is 48.9 Å². The first-order valence-electron chi connectivity index (χ1n) is 10.1. The number of ether oxygens (including phenoxy) is 2. The summed E-state index contributed by atoms with van der Waals surface area (Å²) in [6, 6.07) is 8.93. The predicted molar refractivity (Wildman–Crippen MR) is 113 cm³/mol. The third-order valence-corrected chi connectivity index (χ3v) is 4.98. The van der Waals surface area contributed by atoms with Crippen LogP contribution < -0.4 is 14.8 Å². The number of amides is 1. The second-order valence-electron chi connectivity index (χ2n) is 7.26. The lowest BCUT2D eigenvalue weighted by atomic mass is 9.94. The number of fused-ring (bicyclic) bond motifs is 1. The van der Waals surface area contributed by atoms with E-state index in [1.807, 2.05) is 25.1 Å². The van der Waals surface area contributed by atoms with Crippen LogP contribution in [0.4, 0.5) is 4.39 Å². The number of benzene rings is 1. The Morgan fingerprint density at radius 2 is 2.03 bits per heavy atom. The van der Waals surface area contributed by atoms with E-state index >= 15 is 0 Å². The molecule has 1 aliphatic rings. The molecule has 3 heterocycles. The van der Waals surface area contributed by atoms with Crippen LogP contribution in [-0.2, 0) is 6.42 Å². The Balaban J connectivity index is 1.44. The molecule has 4 rings (SSSR count). The van der Waals surface area contributed by atoms with Crippen LogP contribution in [0.3, 0.4) is 0 Å². The van der Waals surface area contributed by atoms with Gasteiger partial charge < -0.3 is 14.8 Å². The highest BCUT2D eigenvalue weighted by Gasteiger charge is 2.24. The van der Waals surface area contributed by atoms with Crippen molar-refractivity contribution in [3.8, 4) is 22.8 Å². The summed E-state index contributed by atoms with van der Waals surface area (Å²) < 4.78 is 23.4. The van der Waals surface area contributed by atoms with Crippen molar-refractivity contribution in [2.75, 3.05) is 19.9 Å². The molecule has 8 heteroatoms. The van der Waals surface area contributed by atoms with Gasteiger partial charge in [0.2, 0.25) is 5.88 Å². The number of halogens is 1. The molecule has 0 unspecified atom stereocenters. The van der Waals surface area contributed by atoms with Gasteiger partial charge in [-0.05, 0) is 24.6 Å². The molecule has 2 aromatic heterocycles. The van der Waals surface area contributed by atoms with Crippen LogP contribution in [0.1, 0.15) is 28.2 Å². The zero-order valence-electron chi connectivity index (χ0n) is 17.2. The van der Waals surface area contributed by atoms with Gasteiger partial charge in [0, 0.05) is 48.6 Å². The molecular formula is C23H23FN4O3. The molecule has 1 aromatic carbocycles. The quantitative estimate of drug-likeness (QED) is 0.588. The van der Waals surface area contributed by atoms with Crippen molar-refractivity contribution in [3.05, 3.63) is 65.9 Å². The molecule has 0 saturated heterocycles. The lowest BCUT2D eigenvalue weighted by Crippen LogP contribution is -2.42. The third-order valence-electron chi connectivity index (χ3n) is 4.98. The van der Waals surface area contributed by atoms with E-state index in [9.17, 15) is 9.18 Å². The topological polar surface area (TPSA) is 86.2 Å². The van der Waals surface area contributed by atoms with Crippen molar-refractivity contribution in [1.29, 1.82) is 0 Å². The first-order chi connectivity index (χ1) is 15.1. The third kappa shape index (κ3) is 4.96. The molecule has 0 fully saturated rings. The first-order valence-corrected chi connectivity index (χ1v) is 10.1. The Kier molecular flexibility index (Phi) is 6.35. The molecule has 1 N–H and O–H groups in total. The minimum absolute atomic E-state index is 0.187. The number of alkyl halides is 1. The molecule has 1 atom stereocenters. The van der Waals surface area contributed by atoms with E-state index in [1.165, 1.54) is 6.20 Å². The van der Waals surface area contributed by atoms with Crippen molar-refractivity contribution in [3.63, 3.8) is 0 Å². The number of hydrogen-bond donors (Lipinski definition) is 1. The normalized spacial score (nSPS) is 15.0. The summed E-state index contributed by atoms with van der Waals surface area (Å²) in [7, 11) is 0. The molecule has 160 valence electrons. The van der Waals surface area contributed by atoms with Crippen molar-refractivity contribution in [2.24, 2.45) is 0 Å². The largest absolute Gasteiger partial charge is 0.491 e. The maximum atomic E-state index is 12.7. The van der Waals surface area contributed by atoms with Crippen LogP contribution in [0.2, 0.25) is 0 Å². The minimum Gasteiger partial charge on any atom is -0.491 e. The molecule has 1 amide bonds. The summed E-state index contributed by atoms with van der Waals surface area (Å²) >= 11 is 0. The van der Waals surface area contributed by atoms with Crippen molar-refractivity contribution in [1.82, 2.24) is 20.3 Å². The van der Waals surface area contributed by atoms with Crippen molar-refractivity contribution in [2.45, 2.75) is 25.8 Å². The number of rotatable bonds is 7. The van der Waals surface area contributed by atoms with Gasteiger partial charge in [-0.15, -0.1) is 0 Å². The SMILES string of the molecule is Cc1ncc(-c2cccc3c2C[C@H](NC(=O)c2ccc(OCCCF)nc2)CO3)cn1. The maximum absolute atomic E-state index is 12.7. The average molecular weight is 422 g/mol. The van der Waals surface area contributed by atoms with Gasteiger partial charge >= 0.3 is 0 Å². The Morgan fingerprint density at radius 1 is 1.19 bits per heavy atom. The highest BCUT2D eigenvalue weighted by Crippen LogP contribution is 2.33. The Morgan fingerprint density at radius 3 is 2.77 bits per heavy atom. The number of nitrogens with zero attached hydrogens (tertiary/aromatic N) is 3. The molecule has 31 heavy (non-hydrogen) atoms. The molecule has 7 nitrogen and oxygen atoms in total. The number of hydrogen-bond acceptors (Lipinski definition) is 6. The molecule has 0 bridgehead atoms. The van der Waals surface area contributed by atoms with Crippen molar-refractivity contribution < 1.29 is 18.7 Å². The molecular weight excluding hydrogens is 399 g/mol. The summed E-state index contributed by atoms with van der Waals surface area (Å²) in [6.45, 7) is 2.04. The van der Waals surface area contributed by atoms with Crippen LogP contribution in [0.5, 0.6) is 11.6 Å². The number of aryl methyl sites for hydroxylation is 1. The molecule has 0 radical (unpaired) electrons. The highest BCUT2D eigenvalue weighted by atomic mass is 19.1. The number of carbonyl (C=O) groups is 1. The summed E-state index contributed by atoms with van der Waals surface area (Å²) in [4.78, 5) is 25.4. The van der Waals surface area contributed by atoms with Crippen LogP contribution in [0.25, 0.3) is 11.1 Å². The highest BCUT2D eigenvalue weighted by molar-refractivity contribution is 5.94. The van der Waals surface area contributed by atoms with Gasteiger partial charge in [-0.2, -0.15) is 0 Å². The summed E-state index contributed by atoms with van der Waals surface area (Å²) in [5, 5.41) is 3.01. The van der Waals surface area contributed by atoms with E-state index in [2.05, 4.69) is 20.3 Å². The molecule has 1 aliphatic heterocycles. The Labute approximate surface area is 179 Å². The fourth-order valence-electron chi connectivity index (χ4n) is 3.40. The van der Waals surface area contributed by atoms with E-state index in [0.29, 0.717) is 36.7 Å². The van der Waals surface area contributed by atoms with Gasteiger partial charge in [-0.25, -0.2) is 15.0 Å². The monoisotopic (exact) mass is 422 g/mol. The number of pyridine rings is 1. The minimum atomic E-state index is -0.439. The standard InChI is InChI=1S/C23H23FN4O3/c1-15-25-12-17(13-26-15)19-4-2-5-21-20(19)10-18(14-31-21)28-23(29)16-6-7-22(27-11-16)30-9-3-8-24/h2,4-7,11-13,18H,3,8-10,14H2,1H3,(H,28,29)/t18-/m0/s1. The Hall–Kier alpha value is -3.55. The molecule has 0 saturated carbocycles. The smallest absolute Gasteiger partial charge is 0.253 e. The zero-order valence-corrected chi connectivity index (χ0v) is 17.2. The predicted octanol–water partition coefficient (Wildman–Crippen LogP) is 3.32. The van der Waals surface area contributed by atoms with Crippen LogP contribution in [0, 0.1) is 6.92 Å². The summed E-state index contributed by atoms with van der Waals surface area (Å²) in [5.74, 6) is 1.64. The Bertz CT molecular complexity index is 1040. The number of aromatic nitrogens is 3. The van der Waals surface area contributed by atoms with E-state index in [4.69, 9.17) is 9.47 Å². The van der Waals surface area contributed by atoms with Crippen molar-refractivity contribution >= 4 is 5.91 Å². The number of carbonyl (C=O) groups excluding carboxylic acids is 1. The van der Waals surface area contributed by atoms with E-state index < -0.39 is 6.67 Å².